The zero-order chi connectivity index (χ0) is 20.2. The van der Waals surface area contributed by atoms with Crippen molar-refractivity contribution >= 4 is 10.9 Å². The van der Waals surface area contributed by atoms with E-state index >= 15 is 0 Å². The lowest BCUT2D eigenvalue weighted by atomic mass is 10.2. The summed E-state index contributed by atoms with van der Waals surface area (Å²) in [7, 11) is 0. The Kier molecular flexibility index (Phi) is 5.59. The van der Waals surface area contributed by atoms with Crippen LogP contribution in [0.4, 0.5) is 0 Å². The average Bonchev–Trinajstić information content (AvgIpc) is 3.40. The smallest absolute Gasteiger partial charge is 0.260 e. The Hall–Kier alpha value is -2.96. The van der Waals surface area contributed by atoms with Gasteiger partial charge in [-0.1, -0.05) is 53.7 Å². The number of nitrogens with zero attached hydrogens (tertiary/aromatic N) is 4. The molecule has 1 saturated heterocycles. The van der Waals surface area contributed by atoms with E-state index in [0.717, 1.165) is 69.0 Å². The molecule has 0 amide bonds. The van der Waals surface area contributed by atoms with Crippen molar-refractivity contribution < 1.29 is 9.26 Å². The van der Waals surface area contributed by atoms with Crippen LogP contribution in [0.3, 0.4) is 0 Å². The fourth-order valence-corrected chi connectivity index (χ4v) is 4.08. The molecular formula is C24H26N4O2. The number of morpholine rings is 1. The highest BCUT2D eigenvalue weighted by Gasteiger charge is 2.17. The summed E-state index contributed by atoms with van der Waals surface area (Å²) < 4.78 is 13.3. The summed E-state index contributed by atoms with van der Waals surface area (Å²) in [5.41, 5.74) is 3.43. The van der Waals surface area contributed by atoms with Gasteiger partial charge < -0.3 is 13.8 Å². The van der Waals surface area contributed by atoms with E-state index in [1.165, 1.54) is 11.1 Å². The topological polar surface area (TPSA) is 56.3 Å². The molecule has 0 aliphatic carbocycles. The van der Waals surface area contributed by atoms with Gasteiger partial charge in [0.05, 0.1) is 18.8 Å². The molecule has 1 aliphatic heterocycles. The van der Waals surface area contributed by atoms with Crippen LogP contribution < -0.4 is 0 Å². The van der Waals surface area contributed by atoms with Gasteiger partial charge in [-0.05, 0) is 24.6 Å². The number of fused-ring (bicyclic) bond motifs is 1. The Morgan fingerprint density at radius 3 is 2.60 bits per heavy atom. The molecular weight excluding hydrogens is 376 g/mol. The molecule has 30 heavy (non-hydrogen) atoms. The number of benzene rings is 2. The summed E-state index contributed by atoms with van der Waals surface area (Å²) in [6.45, 7) is 5.54. The van der Waals surface area contributed by atoms with Crippen LogP contribution in [0, 0.1) is 0 Å². The second-order valence-corrected chi connectivity index (χ2v) is 7.75. The molecule has 0 unspecified atom stereocenters. The largest absolute Gasteiger partial charge is 0.379 e. The molecule has 6 nitrogen and oxygen atoms in total. The zero-order valence-electron chi connectivity index (χ0n) is 17.0. The highest BCUT2D eigenvalue weighted by molar-refractivity contribution is 5.94. The molecule has 2 aromatic heterocycles. The molecule has 0 radical (unpaired) electrons. The normalized spacial score (nSPS) is 15.1. The van der Waals surface area contributed by atoms with Gasteiger partial charge in [-0.2, -0.15) is 4.98 Å². The van der Waals surface area contributed by atoms with E-state index < -0.39 is 0 Å². The van der Waals surface area contributed by atoms with E-state index in [-0.39, 0.29) is 0 Å². The zero-order valence-corrected chi connectivity index (χ0v) is 17.0. The molecule has 0 spiro atoms. The van der Waals surface area contributed by atoms with E-state index in [0.29, 0.717) is 5.89 Å². The van der Waals surface area contributed by atoms with Gasteiger partial charge in [-0.25, -0.2) is 0 Å². The molecule has 5 rings (SSSR count). The van der Waals surface area contributed by atoms with Gasteiger partial charge >= 0.3 is 0 Å². The molecule has 3 heterocycles. The van der Waals surface area contributed by atoms with Gasteiger partial charge in [0.2, 0.25) is 0 Å². The van der Waals surface area contributed by atoms with Crippen LogP contribution in [0.25, 0.3) is 22.4 Å². The van der Waals surface area contributed by atoms with Crippen LogP contribution in [-0.2, 0) is 17.7 Å². The number of hydrogen-bond acceptors (Lipinski definition) is 5. The van der Waals surface area contributed by atoms with Crippen LogP contribution in [0.2, 0.25) is 0 Å². The summed E-state index contributed by atoms with van der Waals surface area (Å²) >= 11 is 0. The predicted octanol–water partition coefficient (Wildman–Crippen LogP) is 4.00. The van der Waals surface area contributed by atoms with Crippen LogP contribution in [0.5, 0.6) is 0 Å². The minimum absolute atomic E-state index is 0.597. The standard InChI is InChI=1S/C24H26N4O2/c1-2-7-19(8-3-1)17-28-18-21(20-9-4-5-10-22(20)28)24-25-23(26-30-24)11-6-12-27-13-15-29-16-14-27/h1-5,7-10,18H,6,11-17H2. The average molecular weight is 402 g/mol. The molecule has 0 N–H and O–H groups in total. The Labute approximate surface area is 176 Å². The van der Waals surface area contributed by atoms with Crippen LogP contribution in [-0.4, -0.2) is 52.5 Å². The first kappa shape index (κ1) is 19.0. The van der Waals surface area contributed by atoms with Gasteiger partial charge in [0.25, 0.3) is 5.89 Å². The number of aryl methyl sites for hydroxylation is 1. The van der Waals surface area contributed by atoms with Crippen molar-refractivity contribution in [3.63, 3.8) is 0 Å². The number of para-hydroxylation sites is 1. The van der Waals surface area contributed by atoms with Gasteiger partial charge in [-0.15, -0.1) is 0 Å². The molecule has 2 aromatic carbocycles. The lowest BCUT2D eigenvalue weighted by molar-refractivity contribution is 0.0374. The summed E-state index contributed by atoms with van der Waals surface area (Å²) in [4.78, 5) is 7.13. The molecule has 0 saturated carbocycles. The highest BCUT2D eigenvalue weighted by atomic mass is 16.5. The maximum atomic E-state index is 5.66. The lowest BCUT2D eigenvalue weighted by Crippen LogP contribution is -2.36. The maximum Gasteiger partial charge on any atom is 0.260 e. The van der Waals surface area contributed by atoms with Crippen molar-refractivity contribution in [1.82, 2.24) is 19.6 Å². The van der Waals surface area contributed by atoms with Crippen molar-refractivity contribution in [2.45, 2.75) is 19.4 Å². The minimum Gasteiger partial charge on any atom is -0.379 e. The van der Waals surface area contributed by atoms with E-state index in [1.807, 2.05) is 6.07 Å². The van der Waals surface area contributed by atoms with Crippen molar-refractivity contribution in [2.75, 3.05) is 32.8 Å². The Morgan fingerprint density at radius 2 is 1.73 bits per heavy atom. The van der Waals surface area contributed by atoms with E-state index in [2.05, 4.69) is 69.4 Å². The summed E-state index contributed by atoms with van der Waals surface area (Å²) in [6.07, 6.45) is 3.97. The fourth-order valence-electron chi connectivity index (χ4n) is 4.08. The minimum atomic E-state index is 0.597. The van der Waals surface area contributed by atoms with E-state index in [4.69, 9.17) is 14.2 Å². The Balaban J connectivity index is 1.33. The molecule has 0 atom stereocenters. The molecule has 0 bridgehead atoms. The van der Waals surface area contributed by atoms with E-state index in [1.54, 1.807) is 0 Å². The second-order valence-electron chi connectivity index (χ2n) is 7.75. The monoisotopic (exact) mass is 402 g/mol. The van der Waals surface area contributed by atoms with Crippen molar-refractivity contribution in [1.29, 1.82) is 0 Å². The van der Waals surface area contributed by atoms with Gasteiger partial charge in [0.15, 0.2) is 5.82 Å². The van der Waals surface area contributed by atoms with Crippen LogP contribution >= 0.6 is 0 Å². The number of hydrogen-bond donors (Lipinski definition) is 0. The van der Waals surface area contributed by atoms with Gasteiger partial charge in [-0.3, -0.25) is 4.90 Å². The molecule has 154 valence electrons. The first-order valence-corrected chi connectivity index (χ1v) is 10.6. The predicted molar refractivity (Wildman–Crippen MR) is 116 cm³/mol. The quantitative estimate of drug-likeness (QED) is 0.468. The SMILES string of the molecule is c1ccc(Cn2cc(-c3nc(CCCN4CCOCC4)no3)c3ccccc32)cc1. The highest BCUT2D eigenvalue weighted by Crippen LogP contribution is 2.30. The molecule has 1 aliphatic rings. The number of ether oxygens (including phenoxy) is 1. The number of rotatable bonds is 7. The van der Waals surface area contributed by atoms with Crippen LogP contribution in [0.1, 0.15) is 17.8 Å². The summed E-state index contributed by atoms with van der Waals surface area (Å²) in [6, 6.07) is 18.9. The van der Waals surface area contributed by atoms with Crippen molar-refractivity contribution in [2.24, 2.45) is 0 Å². The summed E-state index contributed by atoms with van der Waals surface area (Å²) in [5.74, 6) is 1.37. The number of aromatic nitrogens is 3. The molecule has 6 heteroatoms. The van der Waals surface area contributed by atoms with Crippen molar-refractivity contribution in [3.8, 4) is 11.5 Å². The molecule has 4 aromatic rings. The first-order chi connectivity index (χ1) is 14.9. The fraction of sp³-hybridized carbons (Fsp3) is 0.333. The maximum absolute atomic E-state index is 5.66. The summed E-state index contributed by atoms with van der Waals surface area (Å²) in [5, 5.41) is 5.37. The third-order valence-electron chi connectivity index (χ3n) is 5.66. The van der Waals surface area contributed by atoms with E-state index in [9.17, 15) is 0 Å². The third kappa shape index (κ3) is 4.15. The Morgan fingerprint density at radius 1 is 0.933 bits per heavy atom. The first-order valence-electron chi connectivity index (χ1n) is 10.6. The van der Waals surface area contributed by atoms with Gasteiger partial charge in [0.1, 0.15) is 0 Å². The third-order valence-corrected chi connectivity index (χ3v) is 5.66. The van der Waals surface area contributed by atoms with Gasteiger partial charge in [0, 0.05) is 43.2 Å². The van der Waals surface area contributed by atoms with Crippen molar-refractivity contribution in [3.05, 3.63) is 72.2 Å². The van der Waals surface area contributed by atoms with Crippen LogP contribution in [0.15, 0.2) is 65.3 Å². The lowest BCUT2D eigenvalue weighted by Gasteiger charge is -2.26. The molecule has 1 fully saturated rings. The second kappa shape index (κ2) is 8.81. The Bertz CT molecular complexity index is 1100.